The maximum absolute atomic E-state index is 11.0. The van der Waals surface area contributed by atoms with Crippen LogP contribution in [0.1, 0.15) is 12.8 Å². The van der Waals surface area contributed by atoms with Gasteiger partial charge in [-0.1, -0.05) is 35.3 Å². The van der Waals surface area contributed by atoms with Crippen LogP contribution in [0.5, 0.6) is 11.5 Å². The van der Waals surface area contributed by atoms with Gasteiger partial charge in [-0.3, -0.25) is 0 Å². The molecular formula is C18H18Cl2N2O3. The Labute approximate surface area is 156 Å². The van der Waals surface area contributed by atoms with Crippen LogP contribution in [0.3, 0.4) is 0 Å². The Hall–Kier alpha value is -2.11. The van der Waals surface area contributed by atoms with E-state index in [1.54, 1.807) is 18.2 Å². The SMILES string of the molecule is O=C(O)N1CCC(Nc2ccccc2Oc2ccc(Cl)cc2Cl)CC1. The summed E-state index contributed by atoms with van der Waals surface area (Å²) >= 11 is 12.1. The van der Waals surface area contributed by atoms with Crippen LogP contribution in [0.25, 0.3) is 0 Å². The number of nitrogens with one attached hydrogen (secondary N) is 1. The monoisotopic (exact) mass is 380 g/mol. The van der Waals surface area contributed by atoms with Crippen molar-refractivity contribution in [1.29, 1.82) is 0 Å². The Kier molecular flexibility index (Phi) is 5.56. The number of carbonyl (C=O) groups is 1. The number of halogens is 2. The molecule has 0 atom stereocenters. The molecule has 0 spiro atoms. The van der Waals surface area contributed by atoms with E-state index >= 15 is 0 Å². The molecule has 1 amide bonds. The minimum Gasteiger partial charge on any atom is -0.465 e. The molecule has 5 nitrogen and oxygen atoms in total. The zero-order valence-corrected chi connectivity index (χ0v) is 14.9. The van der Waals surface area contributed by atoms with Crippen LogP contribution in [-0.4, -0.2) is 35.2 Å². The molecule has 1 heterocycles. The van der Waals surface area contributed by atoms with Gasteiger partial charge in [-0.15, -0.1) is 0 Å². The Morgan fingerprint density at radius 1 is 1.12 bits per heavy atom. The number of nitrogens with zero attached hydrogens (tertiary/aromatic N) is 1. The third kappa shape index (κ3) is 4.50. The summed E-state index contributed by atoms with van der Waals surface area (Å²) in [5.41, 5.74) is 0.849. The predicted octanol–water partition coefficient (Wildman–Crippen LogP) is 5.34. The zero-order valence-electron chi connectivity index (χ0n) is 13.4. The number of ether oxygens (including phenoxy) is 1. The van der Waals surface area contributed by atoms with Crippen molar-refractivity contribution in [3.8, 4) is 11.5 Å². The van der Waals surface area contributed by atoms with Gasteiger partial charge >= 0.3 is 6.09 Å². The highest BCUT2D eigenvalue weighted by Crippen LogP contribution is 2.35. The lowest BCUT2D eigenvalue weighted by atomic mass is 10.0. The van der Waals surface area contributed by atoms with Crippen molar-refractivity contribution in [3.05, 3.63) is 52.5 Å². The van der Waals surface area contributed by atoms with Gasteiger partial charge in [-0.2, -0.15) is 0 Å². The lowest BCUT2D eigenvalue weighted by Gasteiger charge is -2.31. The fraction of sp³-hybridized carbons (Fsp3) is 0.278. The predicted molar refractivity (Wildman–Crippen MR) is 99.2 cm³/mol. The van der Waals surface area contributed by atoms with E-state index in [0.29, 0.717) is 34.6 Å². The average molecular weight is 381 g/mol. The molecule has 0 aliphatic carbocycles. The zero-order chi connectivity index (χ0) is 17.8. The van der Waals surface area contributed by atoms with Gasteiger partial charge in [0, 0.05) is 24.2 Å². The van der Waals surface area contributed by atoms with Crippen LogP contribution in [-0.2, 0) is 0 Å². The fourth-order valence-corrected chi connectivity index (χ4v) is 3.23. The summed E-state index contributed by atoms with van der Waals surface area (Å²) in [5, 5.41) is 13.5. The Balaban J connectivity index is 1.70. The number of hydrogen-bond acceptors (Lipinski definition) is 3. The van der Waals surface area contributed by atoms with E-state index < -0.39 is 6.09 Å². The van der Waals surface area contributed by atoms with Crippen LogP contribution < -0.4 is 10.1 Å². The van der Waals surface area contributed by atoms with Crippen molar-refractivity contribution in [2.24, 2.45) is 0 Å². The highest BCUT2D eigenvalue weighted by molar-refractivity contribution is 6.35. The van der Waals surface area contributed by atoms with Gasteiger partial charge in [0.1, 0.15) is 5.75 Å². The summed E-state index contributed by atoms with van der Waals surface area (Å²) in [6.07, 6.45) is 0.643. The van der Waals surface area contributed by atoms with Crippen LogP contribution in [0, 0.1) is 0 Å². The highest BCUT2D eigenvalue weighted by Gasteiger charge is 2.22. The van der Waals surface area contributed by atoms with Crippen molar-refractivity contribution in [2.75, 3.05) is 18.4 Å². The van der Waals surface area contributed by atoms with Crippen molar-refractivity contribution >= 4 is 35.0 Å². The number of hydrogen-bond donors (Lipinski definition) is 2. The Morgan fingerprint density at radius 2 is 1.84 bits per heavy atom. The second-order valence-corrected chi connectivity index (χ2v) is 6.70. The highest BCUT2D eigenvalue weighted by atomic mass is 35.5. The van der Waals surface area contributed by atoms with Crippen molar-refractivity contribution in [2.45, 2.75) is 18.9 Å². The molecule has 2 aromatic rings. The third-order valence-electron chi connectivity index (χ3n) is 4.13. The number of rotatable bonds is 4. The van der Waals surface area contributed by atoms with Crippen molar-refractivity contribution in [3.63, 3.8) is 0 Å². The number of piperidine rings is 1. The molecule has 0 bridgehead atoms. The molecule has 2 aromatic carbocycles. The summed E-state index contributed by atoms with van der Waals surface area (Å²) in [6, 6.07) is 12.9. The van der Waals surface area contributed by atoms with E-state index in [4.69, 9.17) is 33.0 Å². The molecule has 0 unspecified atom stereocenters. The second kappa shape index (κ2) is 7.85. The minimum atomic E-state index is -0.862. The topological polar surface area (TPSA) is 61.8 Å². The van der Waals surface area contributed by atoms with Gasteiger partial charge in [0.2, 0.25) is 0 Å². The van der Waals surface area contributed by atoms with Crippen LogP contribution in [0.4, 0.5) is 10.5 Å². The van der Waals surface area contributed by atoms with Gasteiger partial charge in [-0.25, -0.2) is 4.79 Å². The van der Waals surface area contributed by atoms with E-state index in [1.807, 2.05) is 24.3 Å². The van der Waals surface area contributed by atoms with Crippen LogP contribution in [0.2, 0.25) is 10.0 Å². The number of para-hydroxylation sites is 2. The van der Waals surface area contributed by atoms with Crippen molar-refractivity contribution in [1.82, 2.24) is 4.90 Å². The third-order valence-corrected chi connectivity index (χ3v) is 4.66. The van der Waals surface area contributed by atoms with E-state index in [1.165, 1.54) is 4.90 Å². The number of likely N-dealkylation sites (tertiary alicyclic amines) is 1. The van der Waals surface area contributed by atoms with Gasteiger partial charge < -0.3 is 20.1 Å². The first-order chi connectivity index (χ1) is 12.0. The molecule has 25 heavy (non-hydrogen) atoms. The maximum Gasteiger partial charge on any atom is 0.407 e. The Morgan fingerprint density at radius 3 is 2.52 bits per heavy atom. The first kappa shape index (κ1) is 17.7. The first-order valence-corrected chi connectivity index (χ1v) is 8.75. The van der Waals surface area contributed by atoms with Crippen molar-refractivity contribution < 1.29 is 14.6 Å². The summed E-state index contributed by atoms with van der Waals surface area (Å²) < 4.78 is 5.94. The number of amides is 1. The number of benzene rings is 2. The van der Waals surface area contributed by atoms with E-state index in [2.05, 4.69) is 5.32 Å². The molecule has 1 aliphatic rings. The largest absolute Gasteiger partial charge is 0.465 e. The summed E-state index contributed by atoms with van der Waals surface area (Å²) in [5.74, 6) is 1.19. The molecule has 7 heteroatoms. The smallest absolute Gasteiger partial charge is 0.407 e. The average Bonchev–Trinajstić information content (AvgIpc) is 2.59. The molecule has 132 valence electrons. The molecule has 1 fully saturated rings. The lowest BCUT2D eigenvalue weighted by Crippen LogP contribution is -2.41. The van der Waals surface area contributed by atoms with Gasteiger partial charge in [0.25, 0.3) is 0 Å². The quantitative estimate of drug-likeness (QED) is 0.751. The maximum atomic E-state index is 11.0. The summed E-state index contributed by atoms with van der Waals surface area (Å²) in [4.78, 5) is 12.4. The minimum absolute atomic E-state index is 0.195. The lowest BCUT2D eigenvalue weighted by molar-refractivity contribution is 0.134. The molecule has 1 aliphatic heterocycles. The standard InChI is InChI=1S/C18H18Cl2N2O3/c19-12-5-6-16(14(20)11-12)25-17-4-2-1-3-15(17)21-13-7-9-22(10-8-13)18(23)24/h1-6,11,13,21H,7-10H2,(H,23,24). The van der Waals surface area contributed by atoms with E-state index in [-0.39, 0.29) is 6.04 Å². The van der Waals surface area contributed by atoms with Gasteiger partial charge in [-0.05, 0) is 43.2 Å². The van der Waals surface area contributed by atoms with E-state index in [0.717, 1.165) is 18.5 Å². The number of anilines is 1. The first-order valence-electron chi connectivity index (χ1n) is 7.99. The normalized spacial score (nSPS) is 15.0. The molecule has 0 saturated carbocycles. The van der Waals surface area contributed by atoms with E-state index in [9.17, 15) is 4.79 Å². The van der Waals surface area contributed by atoms with Gasteiger partial charge in [0.05, 0.1) is 10.7 Å². The molecule has 1 saturated heterocycles. The second-order valence-electron chi connectivity index (χ2n) is 5.86. The molecular weight excluding hydrogens is 363 g/mol. The number of carboxylic acid groups (broad SMARTS) is 1. The molecule has 0 radical (unpaired) electrons. The molecule has 2 N–H and O–H groups in total. The van der Waals surface area contributed by atoms with Crippen LogP contribution in [0.15, 0.2) is 42.5 Å². The molecule has 3 rings (SSSR count). The summed E-state index contributed by atoms with van der Waals surface area (Å²) in [7, 11) is 0. The van der Waals surface area contributed by atoms with Gasteiger partial charge in [0.15, 0.2) is 5.75 Å². The summed E-state index contributed by atoms with van der Waals surface area (Å²) in [6.45, 7) is 1.05. The van der Waals surface area contributed by atoms with Crippen LogP contribution >= 0.6 is 23.2 Å². The molecule has 0 aromatic heterocycles. The Bertz CT molecular complexity index is 762. The fourth-order valence-electron chi connectivity index (χ4n) is 2.79.